The Labute approximate surface area is 82.5 Å². The SMILES string of the molecule is CC(=O)N[C@H]1NC[C@@H](CN)[C@H](O)[C@@H]1O. The van der Waals surface area contributed by atoms with Crippen molar-refractivity contribution in [2.24, 2.45) is 11.7 Å². The molecule has 6 heteroatoms. The van der Waals surface area contributed by atoms with E-state index in [1.54, 1.807) is 0 Å². The van der Waals surface area contributed by atoms with Gasteiger partial charge in [-0.2, -0.15) is 0 Å². The van der Waals surface area contributed by atoms with Crippen LogP contribution in [-0.4, -0.2) is 47.6 Å². The highest BCUT2D eigenvalue weighted by Gasteiger charge is 2.36. The average Bonchev–Trinajstić information content (AvgIpc) is 2.13. The third-order valence-electron chi connectivity index (χ3n) is 2.44. The molecule has 1 aliphatic rings. The Hall–Kier alpha value is -0.690. The first-order valence-corrected chi connectivity index (χ1v) is 4.63. The number of carbonyl (C=O) groups is 1. The number of nitrogens with two attached hydrogens (primary N) is 1. The molecule has 1 amide bonds. The van der Waals surface area contributed by atoms with E-state index in [2.05, 4.69) is 10.6 Å². The fraction of sp³-hybridized carbons (Fsp3) is 0.875. The number of hydrogen-bond acceptors (Lipinski definition) is 5. The van der Waals surface area contributed by atoms with E-state index in [-0.39, 0.29) is 11.8 Å². The van der Waals surface area contributed by atoms with Gasteiger partial charge in [-0.3, -0.25) is 10.1 Å². The molecule has 0 aliphatic carbocycles. The first-order valence-electron chi connectivity index (χ1n) is 4.63. The second-order valence-corrected chi connectivity index (χ2v) is 3.56. The first kappa shape index (κ1) is 11.4. The van der Waals surface area contributed by atoms with Crippen molar-refractivity contribution in [1.82, 2.24) is 10.6 Å². The van der Waals surface area contributed by atoms with Gasteiger partial charge in [-0.15, -0.1) is 0 Å². The van der Waals surface area contributed by atoms with Crippen LogP contribution in [0, 0.1) is 5.92 Å². The van der Waals surface area contributed by atoms with Gasteiger partial charge in [0.2, 0.25) is 5.91 Å². The quantitative estimate of drug-likeness (QED) is 0.337. The summed E-state index contributed by atoms with van der Waals surface area (Å²) in [7, 11) is 0. The molecule has 4 atom stereocenters. The fourth-order valence-electron chi connectivity index (χ4n) is 1.57. The number of nitrogens with one attached hydrogen (secondary N) is 2. The molecule has 1 rings (SSSR count). The molecule has 82 valence electrons. The molecule has 1 heterocycles. The van der Waals surface area contributed by atoms with Crippen LogP contribution in [0.5, 0.6) is 0 Å². The number of amides is 1. The van der Waals surface area contributed by atoms with Crippen molar-refractivity contribution < 1.29 is 15.0 Å². The van der Waals surface area contributed by atoms with E-state index in [0.717, 1.165) is 0 Å². The maximum Gasteiger partial charge on any atom is 0.218 e. The summed E-state index contributed by atoms with van der Waals surface area (Å²) >= 11 is 0. The van der Waals surface area contributed by atoms with Gasteiger partial charge >= 0.3 is 0 Å². The van der Waals surface area contributed by atoms with Crippen LogP contribution in [0.25, 0.3) is 0 Å². The number of hydrogen-bond donors (Lipinski definition) is 5. The van der Waals surface area contributed by atoms with Crippen LogP contribution < -0.4 is 16.4 Å². The fourth-order valence-corrected chi connectivity index (χ4v) is 1.57. The molecule has 6 nitrogen and oxygen atoms in total. The normalized spacial score (nSPS) is 38.0. The third kappa shape index (κ3) is 2.42. The highest BCUT2D eigenvalue weighted by atomic mass is 16.3. The minimum Gasteiger partial charge on any atom is -0.390 e. The molecular weight excluding hydrogens is 186 g/mol. The number of rotatable bonds is 2. The summed E-state index contributed by atoms with van der Waals surface area (Å²) in [6, 6.07) is 0. The van der Waals surface area contributed by atoms with Crippen LogP contribution in [0.15, 0.2) is 0 Å². The molecule has 0 spiro atoms. The van der Waals surface area contributed by atoms with Gasteiger partial charge in [-0.1, -0.05) is 0 Å². The van der Waals surface area contributed by atoms with E-state index in [0.29, 0.717) is 13.1 Å². The van der Waals surface area contributed by atoms with Crippen molar-refractivity contribution in [2.75, 3.05) is 13.1 Å². The molecule has 0 aromatic carbocycles. The van der Waals surface area contributed by atoms with E-state index in [4.69, 9.17) is 5.73 Å². The molecule has 0 saturated carbocycles. The molecule has 1 aliphatic heterocycles. The summed E-state index contributed by atoms with van der Waals surface area (Å²) < 4.78 is 0. The maximum atomic E-state index is 10.7. The van der Waals surface area contributed by atoms with Crippen molar-refractivity contribution in [3.63, 3.8) is 0 Å². The van der Waals surface area contributed by atoms with E-state index in [9.17, 15) is 15.0 Å². The smallest absolute Gasteiger partial charge is 0.218 e. The Balaban J connectivity index is 2.54. The molecule has 14 heavy (non-hydrogen) atoms. The van der Waals surface area contributed by atoms with Gasteiger partial charge in [0, 0.05) is 19.4 Å². The molecule has 0 radical (unpaired) electrons. The summed E-state index contributed by atoms with van der Waals surface area (Å²) in [5.41, 5.74) is 5.40. The minimum absolute atomic E-state index is 0.171. The van der Waals surface area contributed by atoms with Crippen LogP contribution in [0.1, 0.15) is 6.92 Å². The van der Waals surface area contributed by atoms with Gasteiger partial charge in [0.15, 0.2) is 0 Å². The van der Waals surface area contributed by atoms with Gasteiger partial charge in [0.25, 0.3) is 0 Å². The standard InChI is InChI=1S/C8H17N3O3/c1-4(12)11-8-7(14)6(13)5(2-9)3-10-8/h5-8,10,13-14H,2-3,9H2,1H3,(H,11,12)/t5-,6+,7+,8-/m1/s1. The van der Waals surface area contributed by atoms with Crippen molar-refractivity contribution in [3.8, 4) is 0 Å². The Kier molecular flexibility index (Phi) is 3.82. The van der Waals surface area contributed by atoms with E-state index < -0.39 is 18.4 Å². The molecule has 0 bridgehead atoms. The van der Waals surface area contributed by atoms with Gasteiger partial charge < -0.3 is 21.3 Å². The second kappa shape index (κ2) is 4.70. The predicted molar refractivity (Wildman–Crippen MR) is 50.2 cm³/mol. The highest BCUT2D eigenvalue weighted by Crippen LogP contribution is 2.13. The Bertz CT molecular complexity index is 212. The monoisotopic (exact) mass is 203 g/mol. The number of aliphatic hydroxyl groups excluding tert-OH is 2. The van der Waals surface area contributed by atoms with Crippen LogP contribution in [-0.2, 0) is 4.79 Å². The lowest BCUT2D eigenvalue weighted by molar-refractivity contribution is -0.123. The summed E-state index contributed by atoms with van der Waals surface area (Å²) in [4.78, 5) is 10.7. The van der Waals surface area contributed by atoms with Crippen LogP contribution in [0.2, 0.25) is 0 Å². The van der Waals surface area contributed by atoms with E-state index >= 15 is 0 Å². The summed E-state index contributed by atoms with van der Waals surface area (Å²) in [6.45, 7) is 2.15. The molecule has 1 saturated heterocycles. The van der Waals surface area contributed by atoms with Gasteiger partial charge in [-0.25, -0.2) is 0 Å². The highest BCUT2D eigenvalue weighted by molar-refractivity contribution is 5.73. The van der Waals surface area contributed by atoms with Crippen molar-refractivity contribution in [3.05, 3.63) is 0 Å². The third-order valence-corrected chi connectivity index (χ3v) is 2.44. The number of carbonyl (C=O) groups excluding carboxylic acids is 1. The maximum absolute atomic E-state index is 10.7. The van der Waals surface area contributed by atoms with Crippen LogP contribution in [0.4, 0.5) is 0 Å². The topological polar surface area (TPSA) is 108 Å². The zero-order valence-electron chi connectivity index (χ0n) is 8.10. The number of piperidine rings is 1. The second-order valence-electron chi connectivity index (χ2n) is 3.56. The molecule has 6 N–H and O–H groups in total. The predicted octanol–water partition coefficient (Wildman–Crippen LogP) is -2.65. The minimum atomic E-state index is -1.01. The largest absolute Gasteiger partial charge is 0.390 e. The molecule has 0 unspecified atom stereocenters. The summed E-state index contributed by atoms with van der Waals surface area (Å²) in [6.07, 6.45) is -2.50. The van der Waals surface area contributed by atoms with E-state index in [1.807, 2.05) is 0 Å². The van der Waals surface area contributed by atoms with Gasteiger partial charge in [0.05, 0.1) is 6.10 Å². The van der Waals surface area contributed by atoms with Crippen molar-refractivity contribution >= 4 is 5.91 Å². The van der Waals surface area contributed by atoms with Crippen LogP contribution in [0.3, 0.4) is 0 Å². The molecule has 0 aromatic rings. The van der Waals surface area contributed by atoms with Crippen molar-refractivity contribution in [2.45, 2.75) is 25.3 Å². The van der Waals surface area contributed by atoms with Gasteiger partial charge in [0.1, 0.15) is 12.3 Å². The summed E-state index contributed by atoms with van der Waals surface area (Å²) in [5, 5.41) is 24.6. The summed E-state index contributed by atoms with van der Waals surface area (Å²) in [5.74, 6) is -0.421. The van der Waals surface area contributed by atoms with Crippen LogP contribution >= 0.6 is 0 Å². The zero-order valence-corrected chi connectivity index (χ0v) is 8.10. The van der Waals surface area contributed by atoms with Gasteiger partial charge in [-0.05, 0) is 6.54 Å². The first-order chi connectivity index (χ1) is 6.56. The van der Waals surface area contributed by atoms with E-state index in [1.165, 1.54) is 6.92 Å². The number of aliphatic hydroxyl groups is 2. The zero-order chi connectivity index (χ0) is 10.7. The average molecular weight is 203 g/mol. The lowest BCUT2D eigenvalue weighted by Gasteiger charge is -2.38. The lowest BCUT2D eigenvalue weighted by Crippen LogP contribution is -2.64. The van der Waals surface area contributed by atoms with Crippen molar-refractivity contribution in [1.29, 1.82) is 0 Å². The molecular formula is C8H17N3O3. The Morgan fingerprint density at radius 1 is 1.57 bits per heavy atom. The Morgan fingerprint density at radius 3 is 2.71 bits per heavy atom. The Morgan fingerprint density at radius 2 is 2.21 bits per heavy atom. The molecule has 1 fully saturated rings. The molecule has 0 aromatic heterocycles. The lowest BCUT2D eigenvalue weighted by atomic mass is 9.92.